The topological polar surface area (TPSA) is 73.9 Å². The second-order valence-electron chi connectivity index (χ2n) is 6.70. The second kappa shape index (κ2) is 12.5. The first-order valence-corrected chi connectivity index (χ1v) is 10.5. The highest BCUT2D eigenvalue weighted by Crippen LogP contribution is 2.26. The molecule has 0 aliphatic rings. The molecule has 0 aromatic heterocycles. The Hall–Kier alpha value is -3.02. The van der Waals surface area contributed by atoms with Gasteiger partial charge >= 0.3 is 5.97 Å². The van der Waals surface area contributed by atoms with E-state index in [4.69, 9.17) is 14.2 Å². The molecule has 1 N–H and O–H groups in total. The van der Waals surface area contributed by atoms with Crippen molar-refractivity contribution in [2.75, 3.05) is 25.1 Å². The molecule has 0 saturated heterocycles. The molecule has 0 saturated carbocycles. The van der Waals surface area contributed by atoms with Gasteiger partial charge in [0.1, 0.15) is 0 Å². The van der Waals surface area contributed by atoms with E-state index in [0.29, 0.717) is 31.1 Å². The highest BCUT2D eigenvalue weighted by molar-refractivity contribution is 5.94. The largest absolute Gasteiger partial charge is 0.490 e. The zero-order valence-corrected chi connectivity index (χ0v) is 18.0. The van der Waals surface area contributed by atoms with Crippen LogP contribution in [-0.2, 0) is 27.2 Å². The molecule has 0 aliphatic heterocycles. The Balaban J connectivity index is 1.73. The molecule has 162 valence electrons. The number of carbonyl (C=O) groups excluding carboxylic acids is 2. The van der Waals surface area contributed by atoms with Gasteiger partial charge in [-0.25, -0.2) is 0 Å². The lowest BCUT2D eigenvalue weighted by Gasteiger charge is -2.14. The Morgan fingerprint density at radius 3 is 2.10 bits per heavy atom. The predicted octanol–water partition coefficient (Wildman–Crippen LogP) is 4.55. The van der Waals surface area contributed by atoms with Gasteiger partial charge < -0.3 is 19.5 Å². The Labute approximate surface area is 178 Å². The molecule has 2 rings (SSSR count). The van der Waals surface area contributed by atoms with E-state index in [1.165, 1.54) is 0 Å². The lowest BCUT2D eigenvalue weighted by Crippen LogP contribution is -2.22. The van der Waals surface area contributed by atoms with Crippen molar-refractivity contribution < 1.29 is 23.8 Å². The van der Waals surface area contributed by atoms with Gasteiger partial charge in [0.05, 0.1) is 13.2 Å². The normalized spacial score (nSPS) is 10.4. The van der Waals surface area contributed by atoms with Gasteiger partial charge in [0.25, 0.3) is 5.91 Å². The quantitative estimate of drug-likeness (QED) is 0.408. The Morgan fingerprint density at radius 1 is 0.867 bits per heavy atom. The fraction of sp³-hybridized carbons (Fsp3) is 0.417. The molecule has 2 aromatic rings. The predicted molar refractivity (Wildman–Crippen MR) is 117 cm³/mol. The molecule has 0 aliphatic carbocycles. The average Bonchev–Trinajstić information content (AvgIpc) is 2.76. The van der Waals surface area contributed by atoms with Crippen molar-refractivity contribution in [1.82, 2.24) is 0 Å². The van der Waals surface area contributed by atoms with E-state index in [2.05, 4.69) is 5.32 Å². The number of amides is 1. The van der Waals surface area contributed by atoms with Crippen LogP contribution in [0.3, 0.4) is 0 Å². The van der Waals surface area contributed by atoms with Crippen molar-refractivity contribution in [3.63, 3.8) is 0 Å². The molecule has 0 spiro atoms. The standard InChI is InChI=1S/C24H31NO5/c1-4-18-11-9-12-19(5-2)24(18)25-22(26)17-30-23(27)15-10-16-29-21-14-8-7-13-20(21)28-6-3/h7-9,11-14H,4-6,10,15-17H2,1-3H3,(H,25,26). The molecule has 0 bridgehead atoms. The number of esters is 1. The number of aryl methyl sites for hydroxylation is 2. The van der Waals surface area contributed by atoms with Crippen LogP contribution in [0, 0.1) is 0 Å². The molecular weight excluding hydrogens is 382 g/mol. The van der Waals surface area contributed by atoms with E-state index in [9.17, 15) is 9.59 Å². The third-order valence-corrected chi connectivity index (χ3v) is 4.56. The van der Waals surface area contributed by atoms with E-state index in [0.717, 1.165) is 29.7 Å². The van der Waals surface area contributed by atoms with Crippen molar-refractivity contribution in [2.24, 2.45) is 0 Å². The van der Waals surface area contributed by atoms with Crippen molar-refractivity contribution in [3.8, 4) is 11.5 Å². The van der Waals surface area contributed by atoms with Crippen LogP contribution < -0.4 is 14.8 Å². The van der Waals surface area contributed by atoms with Crippen LogP contribution in [0.4, 0.5) is 5.69 Å². The fourth-order valence-electron chi connectivity index (χ4n) is 3.04. The number of benzene rings is 2. The second-order valence-corrected chi connectivity index (χ2v) is 6.70. The lowest BCUT2D eigenvalue weighted by molar-refractivity contribution is -0.147. The van der Waals surface area contributed by atoms with Gasteiger partial charge in [-0.1, -0.05) is 44.2 Å². The summed E-state index contributed by atoms with van der Waals surface area (Å²) in [6.07, 6.45) is 2.29. The minimum atomic E-state index is -0.425. The third-order valence-electron chi connectivity index (χ3n) is 4.56. The monoisotopic (exact) mass is 413 g/mol. The van der Waals surface area contributed by atoms with Crippen LogP contribution in [-0.4, -0.2) is 31.7 Å². The van der Waals surface area contributed by atoms with E-state index < -0.39 is 5.97 Å². The third kappa shape index (κ3) is 7.10. The highest BCUT2D eigenvalue weighted by atomic mass is 16.5. The lowest BCUT2D eigenvalue weighted by atomic mass is 10.0. The highest BCUT2D eigenvalue weighted by Gasteiger charge is 2.12. The van der Waals surface area contributed by atoms with Gasteiger partial charge in [0.15, 0.2) is 18.1 Å². The molecule has 6 nitrogen and oxygen atoms in total. The number of hydrogen-bond donors (Lipinski definition) is 1. The van der Waals surface area contributed by atoms with Crippen molar-refractivity contribution in [1.29, 1.82) is 0 Å². The first-order valence-electron chi connectivity index (χ1n) is 10.5. The molecule has 30 heavy (non-hydrogen) atoms. The van der Waals surface area contributed by atoms with Gasteiger partial charge in [-0.15, -0.1) is 0 Å². The summed E-state index contributed by atoms with van der Waals surface area (Å²) < 4.78 is 16.3. The molecule has 1 amide bonds. The van der Waals surface area contributed by atoms with Crippen LogP contribution in [0.5, 0.6) is 11.5 Å². The van der Waals surface area contributed by atoms with E-state index in [1.54, 1.807) is 0 Å². The maximum atomic E-state index is 12.2. The van der Waals surface area contributed by atoms with Crippen molar-refractivity contribution >= 4 is 17.6 Å². The maximum absolute atomic E-state index is 12.2. The summed E-state index contributed by atoms with van der Waals surface area (Å²) in [7, 11) is 0. The summed E-state index contributed by atoms with van der Waals surface area (Å²) in [5.74, 6) is 0.568. The average molecular weight is 414 g/mol. The molecule has 0 heterocycles. The van der Waals surface area contributed by atoms with Crippen molar-refractivity contribution in [2.45, 2.75) is 46.5 Å². The van der Waals surface area contributed by atoms with Crippen LogP contribution in [0.1, 0.15) is 44.7 Å². The van der Waals surface area contributed by atoms with Gasteiger partial charge in [-0.3, -0.25) is 9.59 Å². The zero-order chi connectivity index (χ0) is 21.8. The molecule has 0 unspecified atom stereocenters. The SMILES string of the molecule is CCOc1ccccc1OCCCC(=O)OCC(=O)Nc1c(CC)cccc1CC. The fourth-order valence-corrected chi connectivity index (χ4v) is 3.04. The number of anilines is 1. The first kappa shape index (κ1) is 23.3. The number of ether oxygens (including phenoxy) is 3. The molecular formula is C24H31NO5. The van der Waals surface area contributed by atoms with Gasteiger partial charge in [0, 0.05) is 12.1 Å². The molecule has 0 radical (unpaired) electrons. The summed E-state index contributed by atoms with van der Waals surface area (Å²) in [4.78, 5) is 24.2. The molecule has 2 aromatic carbocycles. The van der Waals surface area contributed by atoms with E-state index in [1.807, 2.05) is 63.2 Å². The number of rotatable bonds is 12. The molecule has 0 fully saturated rings. The van der Waals surface area contributed by atoms with Crippen LogP contribution in [0.15, 0.2) is 42.5 Å². The Bertz CT molecular complexity index is 812. The number of hydrogen-bond acceptors (Lipinski definition) is 5. The minimum absolute atomic E-state index is 0.176. The van der Waals surface area contributed by atoms with Crippen LogP contribution in [0.25, 0.3) is 0 Å². The molecule has 0 atom stereocenters. The first-order chi connectivity index (χ1) is 14.6. The zero-order valence-electron chi connectivity index (χ0n) is 18.0. The van der Waals surface area contributed by atoms with Crippen molar-refractivity contribution in [3.05, 3.63) is 53.6 Å². The van der Waals surface area contributed by atoms with Gasteiger partial charge in [0.2, 0.25) is 0 Å². The number of carbonyl (C=O) groups is 2. The summed E-state index contributed by atoms with van der Waals surface area (Å²) in [6, 6.07) is 13.4. The Kier molecular flexibility index (Phi) is 9.71. The van der Waals surface area contributed by atoms with Crippen LogP contribution in [0.2, 0.25) is 0 Å². The summed E-state index contributed by atoms with van der Waals surface area (Å²) in [6.45, 7) is 6.60. The van der Waals surface area contributed by atoms with E-state index >= 15 is 0 Å². The van der Waals surface area contributed by atoms with Crippen LogP contribution >= 0.6 is 0 Å². The minimum Gasteiger partial charge on any atom is -0.490 e. The Morgan fingerprint density at radius 2 is 1.50 bits per heavy atom. The molecule has 6 heteroatoms. The summed E-state index contributed by atoms with van der Waals surface area (Å²) in [5.41, 5.74) is 2.96. The summed E-state index contributed by atoms with van der Waals surface area (Å²) >= 11 is 0. The van der Waals surface area contributed by atoms with Gasteiger partial charge in [-0.2, -0.15) is 0 Å². The summed E-state index contributed by atoms with van der Waals surface area (Å²) in [5, 5.41) is 2.89. The van der Waals surface area contributed by atoms with Gasteiger partial charge in [-0.05, 0) is 49.4 Å². The smallest absolute Gasteiger partial charge is 0.306 e. The van der Waals surface area contributed by atoms with E-state index in [-0.39, 0.29) is 18.9 Å². The number of nitrogens with one attached hydrogen (secondary N) is 1. The maximum Gasteiger partial charge on any atom is 0.306 e. The number of para-hydroxylation sites is 3.